The molecule has 0 atom stereocenters. The molecule has 0 aliphatic rings. The lowest BCUT2D eigenvalue weighted by atomic mass is 10.2. The molecule has 1 aromatic carbocycles. The van der Waals surface area contributed by atoms with E-state index in [0.717, 1.165) is 11.1 Å². The van der Waals surface area contributed by atoms with Gasteiger partial charge in [-0.25, -0.2) is 9.97 Å². The molecule has 3 aromatic rings. The molecular formula is C13H13BN4O3. The second-order valence-electron chi connectivity index (χ2n) is 4.52. The van der Waals surface area contributed by atoms with Crippen molar-refractivity contribution in [3.05, 3.63) is 48.4 Å². The number of nitrogens with two attached hydrogens (primary N) is 1. The van der Waals surface area contributed by atoms with Crippen molar-refractivity contribution < 1.29 is 14.7 Å². The quantitative estimate of drug-likeness (QED) is 0.599. The minimum Gasteiger partial charge on any atom is -0.512 e. The van der Waals surface area contributed by atoms with Crippen LogP contribution in [0.2, 0.25) is 0 Å². The van der Waals surface area contributed by atoms with E-state index in [1.54, 1.807) is 24.7 Å². The summed E-state index contributed by atoms with van der Waals surface area (Å²) in [5.41, 5.74) is 8.39. The minimum atomic E-state index is -1.82. The molecule has 0 radical (unpaired) electrons. The van der Waals surface area contributed by atoms with Crippen molar-refractivity contribution >= 4 is 24.2 Å². The van der Waals surface area contributed by atoms with Crippen molar-refractivity contribution in [2.75, 3.05) is 5.73 Å². The third-order valence-corrected chi connectivity index (χ3v) is 3.08. The predicted molar refractivity (Wildman–Crippen MR) is 78.3 cm³/mol. The topological polar surface area (TPSA) is 106 Å². The molecule has 0 amide bonds. The largest absolute Gasteiger partial charge is 0.707 e. The van der Waals surface area contributed by atoms with Crippen LogP contribution in [-0.4, -0.2) is 31.9 Å². The van der Waals surface area contributed by atoms with Crippen molar-refractivity contribution in [1.29, 1.82) is 0 Å². The number of rotatable bonds is 4. The van der Waals surface area contributed by atoms with Crippen molar-refractivity contribution in [2.45, 2.75) is 6.54 Å². The van der Waals surface area contributed by atoms with Crippen LogP contribution >= 0.6 is 0 Å². The molecular weight excluding hydrogens is 271 g/mol. The van der Waals surface area contributed by atoms with Gasteiger partial charge in [-0.2, -0.15) is 0 Å². The van der Waals surface area contributed by atoms with Crippen molar-refractivity contribution in [3.8, 4) is 5.75 Å². The molecule has 0 aliphatic carbocycles. The normalized spacial score (nSPS) is 10.8. The van der Waals surface area contributed by atoms with Gasteiger partial charge in [-0.15, -0.1) is 0 Å². The van der Waals surface area contributed by atoms with E-state index in [4.69, 9.17) is 20.4 Å². The van der Waals surface area contributed by atoms with E-state index in [1.807, 2.05) is 22.8 Å². The molecule has 21 heavy (non-hydrogen) atoms. The predicted octanol–water partition coefficient (Wildman–Crippen LogP) is 0.410. The molecule has 0 saturated carbocycles. The average molecular weight is 284 g/mol. The lowest BCUT2D eigenvalue weighted by Crippen LogP contribution is -2.20. The Hall–Kier alpha value is -2.58. The van der Waals surface area contributed by atoms with E-state index in [0.29, 0.717) is 23.6 Å². The monoisotopic (exact) mass is 284 g/mol. The SMILES string of the molecule is Nc1nccc2c1ncn2Cc1ccc(OB(O)O)cc1. The maximum absolute atomic E-state index is 8.73. The Morgan fingerprint density at radius 2 is 1.90 bits per heavy atom. The van der Waals surface area contributed by atoms with E-state index in [2.05, 4.69) is 9.97 Å². The number of nitrogens with zero attached hydrogens (tertiary/aromatic N) is 3. The molecule has 2 aromatic heterocycles. The van der Waals surface area contributed by atoms with Crippen LogP contribution in [0, 0.1) is 0 Å². The van der Waals surface area contributed by atoms with E-state index in [9.17, 15) is 0 Å². The fraction of sp³-hybridized carbons (Fsp3) is 0.0769. The highest BCUT2D eigenvalue weighted by molar-refractivity contribution is 6.33. The fourth-order valence-electron chi connectivity index (χ4n) is 2.13. The summed E-state index contributed by atoms with van der Waals surface area (Å²) in [6.45, 7) is 0.613. The summed E-state index contributed by atoms with van der Waals surface area (Å²) in [5, 5.41) is 17.5. The zero-order valence-corrected chi connectivity index (χ0v) is 11.0. The van der Waals surface area contributed by atoms with Gasteiger partial charge in [-0.3, -0.25) is 0 Å². The molecule has 0 bridgehead atoms. The van der Waals surface area contributed by atoms with E-state index >= 15 is 0 Å². The molecule has 0 spiro atoms. The zero-order valence-electron chi connectivity index (χ0n) is 11.0. The van der Waals surface area contributed by atoms with Gasteiger partial charge in [0.25, 0.3) is 0 Å². The van der Waals surface area contributed by atoms with E-state index in [1.165, 1.54) is 0 Å². The van der Waals surface area contributed by atoms with Crippen LogP contribution in [0.25, 0.3) is 11.0 Å². The molecule has 0 aliphatic heterocycles. The van der Waals surface area contributed by atoms with Crippen LogP contribution in [0.3, 0.4) is 0 Å². The summed E-state index contributed by atoms with van der Waals surface area (Å²) in [7, 11) is -1.82. The van der Waals surface area contributed by atoms with Gasteiger partial charge in [0.1, 0.15) is 11.3 Å². The Labute approximate surface area is 120 Å². The second-order valence-corrected chi connectivity index (χ2v) is 4.52. The summed E-state index contributed by atoms with van der Waals surface area (Å²) >= 11 is 0. The Morgan fingerprint density at radius 1 is 1.14 bits per heavy atom. The average Bonchev–Trinajstić information content (AvgIpc) is 2.85. The standard InChI is InChI=1S/C13H13BN4O3/c15-13-12-11(5-6-16-13)18(8-17-12)7-9-1-3-10(4-2-9)21-14(19)20/h1-6,8,19-20H,7H2,(H2,15,16). The summed E-state index contributed by atoms with van der Waals surface area (Å²) in [4.78, 5) is 8.26. The molecule has 106 valence electrons. The van der Waals surface area contributed by atoms with Gasteiger partial charge in [-0.05, 0) is 23.8 Å². The first-order valence-electron chi connectivity index (χ1n) is 6.30. The zero-order chi connectivity index (χ0) is 14.8. The maximum Gasteiger partial charge on any atom is 0.707 e. The van der Waals surface area contributed by atoms with Crippen LogP contribution in [0.5, 0.6) is 5.75 Å². The Bertz CT molecular complexity index is 758. The number of hydrogen-bond acceptors (Lipinski definition) is 6. The Kier molecular flexibility index (Phi) is 3.47. The lowest BCUT2D eigenvalue weighted by molar-refractivity contribution is 0.288. The number of nitrogen functional groups attached to an aromatic ring is 1. The van der Waals surface area contributed by atoms with Gasteiger partial charge in [0.2, 0.25) is 0 Å². The van der Waals surface area contributed by atoms with E-state index in [-0.39, 0.29) is 0 Å². The highest BCUT2D eigenvalue weighted by Gasteiger charge is 2.11. The number of aromatic nitrogens is 3. The van der Waals surface area contributed by atoms with E-state index < -0.39 is 7.32 Å². The lowest BCUT2D eigenvalue weighted by Gasteiger charge is -2.07. The van der Waals surface area contributed by atoms with Gasteiger partial charge in [0.15, 0.2) is 5.82 Å². The minimum absolute atomic E-state index is 0.387. The van der Waals surface area contributed by atoms with Crippen LogP contribution in [0.4, 0.5) is 5.82 Å². The first-order valence-corrected chi connectivity index (χ1v) is 6.30. The molecule has 0 saturated heterocycles. The van der Waals surface area contributed by atoms with Gasteiger partial charge < -0.3 is 25.0 Å². The first-order chi connectivity index (χ1) is 10.1. The smallest absolute Gasteiger partial charge is 0.512 e. The van der Waals surface area contributed by atoms with Crippen LogP contribution in [-0.2, 0) is 6.54 Å². The molecule has 4 N–H and O–H groups in total. The molecule has 3 rings (SSSR count). The molecule has 7 nitrogen and oxygen atoms in total. The summed E-state index contributed by atoms with van der Waals surface area (Å²) in [5.74, 6) is 0.796. The van der Waals surface area contributed by atoms with Gasteiger partial charge in [-0.1, -0.05) is 12.1 Å². The number of benzene rings is 1. The first kappa shape index (κ1) is 13.4. The molecule has 0 unspecified atom stereocenters. The molecule has 8 heteroatoms. The second kappa shape index (κ2) is 5.43. The summed E-state index contributed by atoms with van der Waals surface area (Å²) < 4.78 is 6.72. The van der Waals surface area contributed by atoms with Gasteiger partial charge in [0, 0.05) is 12.7 Å². The summed E-state index contributed by atoms with van der Waals surface area (Å²) in [6, 6.07) is 8.88. The third kappa shape index (κ3) is 2.81. The number of imidazole rings is 1. The van der Waals surface area contributed by atoms with Crippen molar-refractivity contribution in [2.24, 2.45) is 0 Å². The van der Waals surface area contributed by atoms with Crippen molar-refractivity contribution in [3.63, 3.8) is 0 Å². The van der Waals surface area contributed by atoms with Crippen LogP contribution in [0.1, 0.15) is 5.56 Å². The Balaban J connectivity index is 1.83. The van der Waals surface area contributed by atoms with Crippen molar-refractivity contribution in [1.82, 2.24) is 14.5 Å². The van der Waals surface area contributed by atoms with Crippen LogP contribution in [0.15, 0.2) is 42.9 Å². The highest BCUT2D eigenvalue weighted by atomic mass is 16.6. The number of hydrogen-bond donors (Lipinski definition) is 3. The third-order valence-electron chi connectivity index (χ3n) is 3.08. The maximum atomic E-state index is 8.73. The van der Waals surface area contributed by atoms with Gasteiger partial charge in [0.05, 0.1) is 11.8 Å². The molecule has 0 fully saturated rings. The molecule has 2 heterocycles. The fourth-order valence-corrected chi connectivity index (χ4v) is 2.13. The number of anilines is 1. The summed E-state index contributed by atoms with van der Waals surface area (Å²) in [6.07, 6.45) is 3.36. The highest BCUT2D eigenvalue weighted by Crippen LogP contribution is 2.19. The number of pyridine rings is 1. The van der Waals surface area contributed by atoms with Crippen LogP contribution < -0.4 is 10.4 Å². The number of fused-ring (bicyclic) bond motifs is 1. The Morgan fingerprint density at radius 3 is 2.62 bits per heavy atom. The van der Waals surface area contributed by atoms with Gasteiger partial charge >= 0.3 is 7.32 Å².